The fourth-order valence-corrected chi connectivity index (χ4v) is 3.33. The van der Waals surface area contributed by atoms with Crippen molar-refractivity contribution in [3.05, 3.63) is 59.9 Å². The van der Waals surface area contributed by atoms with Crippen molar-refractivity contribution < 1.29 is 0 Å². The van der Waals surface area contributed by atoms with Crippen molar-refractivity contribution in [2.45, 2.75) is 25.8 Å². The second-order valence-electron chi connectivity index (χ2n) is 5.68. The van der Waals surface area contributed by atoms with E-state index in [1.165, 1.54) is 11.1 Å². The molecule has 3 rings (SSSR count). The minimum atomic E-state index is -0.164. The molecule has 0 bridgehead atoms. The van der Waals surface area contributed by atoms with E-state index in [1.807, 2.05) is 32.3 Å². The van der Waals surface area contributed by atoms with E-state index in [-0.39, 0.29) is 5.54 Å². The number of aliphatic imine (C=N–C) groups is 1. The lowest BCUT2D eigenvalue weighted by molar-refractivity contribution is 0.482. The standard InChI is InChI=1S/C12H17N3S.C6H7N/c1-12(6-7-16-11(13)15-12)9-4-3-5-10(8-9)14-2;1-6-3-2-4-7-5-6/h3-5,8,14H,6-7H2,1-2H3,(H2,13,15);2-5H,1H3. The van der Waals surface area contributed by atoms with Gasteiger partial charge < -0.3 is 11.1 Å². The number of aryl methyl sites for hydroxylation is 1. The Bertz CT molecular complexity index is 657. The van der Waals surface area contributed by atoms with Gasteiger partial charge in [0.2, 0.25) is 0 Å². The summed E-state index contributed by atoms with van der Waals surface area (Å²) in [5.41, 5.74) is 9.20. The number of aromatic nitrogens is 1. The third-order valence-corrected chi connectivity index (χ3v) is 4.57. The van der Waals surface area contributed by atoms with Crippen LogP contribution in [0.4, 0.5) is 5.69 Å². The molecule has 0 saturated carbocycles. The maximum atomic E-state index is 5.82. The molecule has 0 saturated heterocycles. The summed E-state index contributed by atoms with van der Waals surface area (Å²) in [6, 6.07) is 12.3. The Morgan fingerprint density at radius 2 is 2.09 bits per heavy atom. The van der Waals surface area contributed by atoms with Crippen LogP contribution >= 0.6 is 11.8 Å². The first-order chi connectivity index (χ1) is 11.0. The molecule has 1 aliphatic heterocycles. The second kappa shape index (κ2) is 8.02. The molecule has 1 aliphatic rings. The summed E-state index contributed by atoms with van der Waals surface area (Å²) in [6.45, 7) is 4.17. The molecule has 0 radical (unpaired) electrons. The third kappa shape index (κ3) is 4.99. The van der Waals surface area contributed by atoms with Crippen LogP contribution in [0.25, 0.3) is 0 Å². The van der Waals surface area contributed by atoms with Crippen molar-refractivity contribution >= 4 is 22.6 Å². The van der Waals surface area contributed by atoms with Crippen LogP contribution in [0.3, 0.4) is 0 Å². The topological polar surface area (TPSA) is 63.3 Å². The van der Waals surface area contributed by atoms with Crippen molar-refractivity contribution in [3.8, 4) is 0 Å². The Kier molecular flexibility index (Phi) is 6.04. The molecule has 0 fully saturated rings. The minimum Gasteiger partial charge on any atom is -0.388 e. The van der Waals surface area contributed by atoms with E-state index in [4.69, 9.17) is 5.73 Å². The molecule has 23 heavy (non-hydrogen) atoms. The summed E-state index contributed by atoms with van der Waals surface area (Å²) in [7, 11) is 1.93. The molecule has 1 aromatic carbocycles. The molecule has 0 spiro atoms. The van der Waals surface area contributed by atoms with Gasteiger partial charge in [0.15, 0.2) is 5.17 Å². The lowest BCUT2D eigenvalue weighted by Gasteiger charge is -2.30. The minimum absolute atomic E-state index is 0.164. The van der Waals surface area contributed by atoms with Crippen LogP contribution in [0.15, 0.2) is 53.8 Å². The van der Waals surface area contributed by atoms with Crippen molar-refractivity contribution in [1.29, 1.82) is 0 Å². The molecule has 0 amide bonds. The van der Waals surface area contributed by atoms with Crippen LogP contribution in [-0.2, 0) is 5.54 Å². The average Bonchev–Trinajstić information content (AvgIpc) is 2.56. The zero-order chi connectivity index (χ0) is 16.7. The van der Waals surface area contributed by atoms with E-state index < -0.39 is 0 Å². The highest BCUT2D eigenvalue weighted by Gasteiger charge is 2.29. The lowest BCUT2D eigenvalue weighted by atomic mass is 9.89. The van der Waals surface area contributed by atoms with Gasteiger partial charge in [0.05, 0.1) is 5.54 Å². The Morgan fingerprint density at radius 3 is 2.65 bits per heavy atom. The molecule has 2 aromatic rings. The fourth-order valence-electron chi connectivity index (χ4n) is 2.35. The van der Waals surface area contributed by atoms with Gasteiger partial charge in [-0.1, -0.05) is 30.0 Å². The number of rotatable bonds is 2. The number of thioether (sulfide) groups is 1. The van der Waals surface area contributed by atoms with Gasteiger partial charge in [-0.2, -0.15) is 0 Å². The normalized spacial score (nSPS) is 20.0. The summed E-state index contributed by atoms with van der Waals surface area (Å²) in [4.78, 5) is 8.47. The van der Waals surface area contributed by atoms with Gasteiger partial charge in [0.25, 0.3) is 0 Å². The van der Waals surface area contributed by atoms with E-state index in [0.29, 0.717) is 5.17 Å². The first-order valence-corrected chi connectivity index (χ1v) is 8.65. The van der Waals surface area contributed by atoms with Gasteiger partial charge in [-0.3, -0.25) is 9.98 Å². The first-order valence-electron chi connectivity index (χ1n) is 7.66. The van der Waals surface area contributed by atoms with Crippen molar-refractivity contribution in [2.75, 3.05) is 18.1 Å². The van der Waals surface area contributed by atoms with E-state index in [1.54, 1.807) is 18.0 Å². The number of benzene rings is 1. The number of pyridine rings is 1. The van der Waals surface area contributed by atoms with E-state index >= 15 is 0 Å². The van der Waals surface area contributed by atoms with Gasteiger partial charge in [-0.05, 0) is 49.6 Å². The van der Waals surface area contributed by atoms with E-state index in [2.05, 4.69) is 46.5 Å². The number of hydrogen-bond donors (Lipinski definition) is 2. The molecule has 5 heteroatoms. The summed E-state index contributed by atoms with van der Waals surface area (Å²) in [5.74, 6) is 1.04. The van der Waals surface area contributed by atoms with Crippen molar-refractivity contribution in [3.63, 3.8) is 0 Å². The van der Waals surface area contributed by atoms with Crippen LogP contribution < -0.4 is 11.1 Å². The monoisotopic (exact) mass is 328 g/mol. The molecule has 122 valence electrons. The SMILES string of the molecule is CNc1cccc(C2(C)CCSC(N)=N2)c1.Cc1cccnc1. The van der Waals surface area contributed by atoms with E-state index in [9.17, 15) is 0 Å². The predicted molar refractivity (Wildman–Crippen MR) is 101 cm³/mol. The molecule has 3 N–H and O–H groups in total. The molecule has 1 unspecified atom stereocenters. The second-order valence-corrected chi connectivity index (χ2v) is 6.80. The largest absolute Gasteiger partial charge is 0.388 e. The first kappa shape index (κ1) is 17.3. The summed E-state index contributed by atoms with van der Waals surface area (Å²) < 4.78 is 0. The maximum Gasteiger partial charge on any atom is 0.154 e. The van der Waals surface area contributed by atoms with Crippen LogP contribution in [0.2, 0.25) is 0 Å². The fraction of sp³-hybridized carbons (Fsp3) is 0.333. The number of anilines is 1. The Morgan fingerprint density at radius 1 is 1.26 bits per heavy atom. The van der Waals surface area contributed by atoms with E-state index in [0.717, 1.165) is 17.9 Å². The highest BCUT2D eigenvalue weighted by molar-refractivity contribution is 8.13. The molecule has 2 heterocycles. The highest BCUT2D eigenvalue weighted by atomic mass is 32.2. The maximum absolute atomic E-state index is 5.82. The molecule has 0 aliphatic carbocycles. The Hall–Kier alpha value is -2.01. The summed E-state index contributed by atoms with van der Waals surface area (Å²) in [6.07, 6.45) is 4.64. The van der Waals surface area contributed by atoms with Gasteiger partial charge in [0, 0.05) is 30.9 Å². The van der Waals surface area contributed by atoms with Gasteiger partial charge in [0.1, 0.15) is 0 Å². The Labute approximate surface area is 142 Å². The van der Waals surface area contributed by atoms with Crippen LogP contribution in [-0.4, -0.2) is 23.0 Å². The smallest absolute Gasteiger partial charge is 0.154 e. The van der Waals surface area contributed by atoms with Gasteiger partial charge >= 0.3 is 0 Å². The molecular weight excluding hydrogens is 304 g/mol. The third-order valence-electron chi connectivity index (χ3n) is 3.78. The number of nitrogens with zero attached hydrogens (tertiary/aromatic N) is 2. The summed E-state index contributed by atoms with van der Waals surface area (Å²) >= 11 is 1.64. The van der Waals surface area contributed by atoms with Gasteiger partial charge in [-0.15, -0.1) is 0 Å². The summed E-state index contributed by atoms with van der Waals surface area (Å²) in [5, 5.41) is 3.85. The Balaban J connectivity index is 0.000000229. The lowest BCUT2D eigenvalue weighted by Crippen LogP contribution is -2.28. The highest BCUT2D eigenvalue weighted by Crippen LogP contribution is 2.35. The van der Waals surface area contributed by atoms with Crippen molar-refractivity contribution in [2.24, 2.45) is 10.7 Å². The average molecular weight is 328 g/mol. The molecule has 1 aromatic heterocycles. The number of nitrogens with one attached hydrogen (secondary N) is 1. The number of nitrogens with two attached hydrogens (primary N) is 1. The molecular formula is C18H24N4S. The van der Waals surface area contributed by atoms with Crippen LogP contribution in [0, 0.1) is 6.92 Å². The van der Waals surface area contributed by atoms with Gasteiger partial charge in [-0.25, -0.2) is 0 Å². The zero-order valence-electron chi connectivity index (χ0n) is 13.9. The number of hydrogen-bond acceptors (Lipinski definition) is 5. The van der Waals surface area contributed by atoms with Crippen LogP contribution in [0.1, 0.15) is 24.5 Å². The molecule has 4 nitrogen and oxygen atoms in total. The zero-order valence-corrected chi connectivity index (χ0v) is 14.7. The predicted octanol–water partition coefficient (Wildman–Crippen LogP) is 3.79. The quantitative estimate of drug-likeness (QED) is 0.880. The van der Waals surface area contributed by atoms with Crippen LogP contribution in [0.5, 0.6) is 0 Å². The number of amidine groups is 1. The van der Waals surface area contributed by atoms with Crippen molar-refractivity contribution in [1.82, 2.24) is 4.98 Å². The molecule has 1 atom stereocenters.